The predicted molar refractivity (Wildman–Crippen MR) is 47.3 cm³/mol. The van der Waals surface area contributed by atoms with E-state index in [2.05, 4.69) is 5.32 Å². The molecule has 0 unspecified atom stereocenters. The molecule has 1 heterocycles. The number of halogens is 1. The van der Waals surface area contributed by atoms with Gasteiger partial charge in [-0.05, 0) is 12.8 Å². The molecule has 1 aliphatic rings. The van der Waals surface area contributed by atoms with E-state index in [9.17, 15) is 4.79 Å². The number of rotatable bonds is 5. The third kappa shape index (κ3) is 3.41. The molecule has 1 aliphatic heterocycles. The molecular weight excluding hydrogens is 178 g/mol. The van der Waals surface area contributed by atoms with Gasteiger partial charge in [-0.15, -0.1) is 11.6 Å². The van der Waals surface area contributed by atoms with Crippen molar-refractivity contribution in [2.75, 3.05) is 19.1 Å². The van der Waals surface area contributed by atoms with Gasteiger partial charge >= 0.3 is 0 Å². The van der Waals surface area contributed by atoms with Crippen molar-refractivity contribution in [2.45, 2.75) is 25.3 Å². The van der Waals surface area contributed by atoms with Gasteiger partial charge in [-0.1, -0.05) is 0 Å². The quantitative estimate of drug-likeness (QED) is 0.518. The maximum absolute atomic E-state index is 11.1. The van der Waals surface area contributed by atoms with Gasteiger partial charge in [0.25, 0.3) is 0 Å². The van der Waals surface area contributed by atoms with Gasteiger partial charge in [-0.3, -0.25) is 4.79 Å². The molecule has 0 aromatic rings. The minimum Gasteiger partial charge on any atom is -0.377 e. The van der Waals surface area contributed by atoms with E-state index in [1.165, 1.54) is 0 Å². The Hall–Kier alpha value is -0.280. The topological polar surface area (TPSA) is 38.3 Å². The molecule has 4 heteroatoms. The average molecular weight is 192 g/mol. The van der Waals surface area contributed by atoms with E-state index < -0.39 is 0 Å². The molecule has 0 aromatic carbocycles. The van der Waals surface area contributed by atoms with Gasteiger partial charge in [-0.25, -0.2) is 0 Å². The zero-order valence-electron chi connectivity index (χ0n) is 7.01. The molecular formula is C8H14ClNO2. The Labute approximate surface area is 77.4 Å². The van der Waals surface area contributed by atoms with Crippen LogP contribution in [-0.2, 0) is 9.53 Å². The zero-order valence-corrected chi connectivity index (χ0v) is 7.77. The smallest absolute Gasteiger partial charge is 0.220 e. The number of amides is 1. The van der Waals surface area contributed by atoms with Crippen LogP contribution in [0.3, 0.4) is 0 Å². The normalized spacial score (nSPS) is 17.1. The summed E-state index contributed by atoms with van der Waals surface area (Å²) in [5.74, 6) is 0.758. The van der Waals surface area contributed by atoms with Crippen LogP contribution in [0.15, 0.2) is 0 Å². The Morgan fingerprint density at radius 3 is 2.75 bits per heavy atom. The highest BCUT2D eigenvalue weighted by molar-refractivity contribution is 6.17. The van der Waals surface area contributed by atoms with E-state index >= 15 is 0 Å². The van der Waals surface area contributed by atoms with E-state index in [0.29, 0.717) is 25.5 Å². The number of nitrogens with one attached hydrogen (secondary N) is 1. The fourth-order valence-electron chi connectivity index (χ4n) is 0.999. The Balaban J connectivity index is 1.95. The fraction of sp³-hybridized carbons (Fsp3) is 0.875. The summed E-state index contributed by atoms with van der Waals surface area (Å²) in [6, 6.07) is 0.258. The molecule has 1 fully saturated rings. The van der Waals surface area contributed by atoms with Crippen molar-refractivity contribution < 1.29 is 9.53 Å². The largest absolute Gasteiger partial charge is 0.377 e. The summed E-state index contributed by atoms with van der Waals surface area (Å²) in [7, 11) is 0. The van der Waals surface area contributed by atoms with Gasteiger partial charge in [-0.2, -0.15) is 0 Å². The van der Waals surface area contributed by atoms with Crippen LogP contribution >= 0.6 is 11.6 Å². The average Bonchev–Trinajstić information content (AvgIpc) is 1.98. The Morgan fingerprint density at radius 1 is 1.50 bits per heavy atom. The van der Waals surface area contributed by atoms with Gasteiger partial charge in [0.1, 0.15) is 0 Å². The maximum atomic E-state index is 11.1. The number of hydrogen-bond donors (Lipinski definition) is 1. The summed E-state index contributed by atoms with van der Waals surface area (Å²) in [5, 5.41) is 2.87. The van der Waals surface area contributed by atoms with Crippen molar-refractivity contribution >= 4 is 17.5 Å². The van der Waals surface area contributed by atoms with Crippen LogP contribution in [0.25, 0.3) is 0 Å². The first-order valence-corrected chi connectivity index (χ1v) is 4.79. The van der Waals surface area contributed by atoms with Gasteiger partial charge < -0.3 is 10.1 Å². The third-order valence-corrected chi connectivity index (χ3v) is 2.06. The van der Waals surface area contributed by atoms with Gasteiger partial charge in [0.2, 0.25) is 5.91 Å². The highest BCUT2D eigenvalue weighted by Gasteiger charge is 2.19. The first-order chi connectivity index (χ1) is 5.83. The van der Waals surface area contributed by atoms with E-state index in [1.54, 1.807) is 0 Å². The number of ether oxygens (including phenoxy) is 1. The predicted octanol–water partition coefficient (Wildman–Crippen LogP) is 0.911. The van der Waals surface area contributed by atoms with Crippen LogP contribution in [0.1, 0.15) is 19.3 Å². The maximum Gasteiger partial charge on any atom is 0.220 e. The van der Waals surface area contributed by atoms with Crippen molar-refractivity contribution in [1.82, 2.24) is 5.32 Å². The van der Waals surface area contributed by atoms with Crippen LogP contribution in [-0.4, -0.2) is 31.0 Å². The molecule has 0 bridgehead atoms. The van der Waals surface area contributed by atoms with Crippen LogP contribution < -0.4 is 5.32 Å². The minimum absolute atomic E-state index is 0.119. The van der Waals surface area contributed by atoms with Gasteiger partial charge in [0, 0.05) is 12.3 Å². The molecule has 1 N–H and O–H groups in total. The van der Waals surface area contributed by atoms with Crippen molar-refractivity contribution in [2.24, 2.45) is 0 Å². The van der Waals surface area contributed by atoms with Crippen molar-refractivity contribution in [3.8, 4) is 0 Å². The minimum atomic E-state index is 0.119. The molecule has 0 aliphatic carbocycles. The summed E-state index contributed by atoms with van der Waals surface area (Å²) in [4.78, 5) is 11.1. The van der Waals surface area contributed by atoms with E-state index in [0.717, 1.165) is 12.8 Å². The Bertz CT molecular complexity index is 148. The first-order valence-electron chi connectivity index (χ1n) is 4.26. The number of alkyl halides is 1. The third-order valence-electron chi connectivity index (χ3n) is 1.79. The summed E-state index contributed by atoms with van der Waals surface area (Å²) < 4.78 is 4.93. The molecule has 1 saturated heterocycles. The van der Waals surface area contributed by atoms with Crippen LogP contribution in [0, 0.1) is 0 Å². The van der Waals surface area contributed by atoms with Crippen LogP contribution in [0.4, 0.5) is 0 Å². The lowest BCUT2D eigenvalue weighted by Gasteiger charge is -2.26. The molecule has 0 atom stereocenters. The number of carbonyl (C=O) groups is 1. The Kier molecular flexibility index (Phi) is 4.40. The lowest BCUT2D eigenvalue weighted by atomic mass is 10.2. The van der Waals surface area contributed by atoms with Crippen LogP contribution in [0.5, 0.6) is 0 Å². The standard InChI is InChI=1S/C8H14ClNO2/c9-4-2-1-3-8(11)10-7-5-12-6-7/h7H,1-6H2,(H,10,11). The molecule has 3 nitrogen and oxygen atoms in total. The molecule has 0 aromatic heterocycles. The molecule has 1 rings (SSSR count). The molecule has 0 radical (unpaired) electrons. The summed E-state index contributed by atoms with van der Waals surface area (Å²) >= 11 is 5.48. The zero-order chi connectivity index (χ0) is 8.81. The molecule has 1 amide bonds. The molecule has 12 heavy (non-hydrogen) atoms. The Morgan fingerprint density at radius 2 is 2.25 bits per heavy atom. The van der Waals surface area contributed by atoms with Crippen molar-refractivity contribution in [3.05, 3.63) is 0 Å². The van der Waals surface area contributed by atoms with Crippen LogP contribution in [0.2, 0.25) is 0 Å². The molecule has 0 saturated carbocycles. The number of unbranched alkanes of at least 4 members (excludes halogenated alkanes) is 1. The second kappa shape index (κ2) is 5.38. The summed E-state index contributed by atoms with van der Waals surface area (Å²) in [5.41, 5.74) is 0. The lowest BCUT2D eigenvalue weighted by Crippen LogP contribution is -2.48. The molecule has 70 valence electrons. The number of carbonyl (C=O) groups excluding carboxylic acids is 1. The first kappa shape index (κ1) is 9.81. The van der Waals surface area contributed by atoms with Gasteiger partial charge in [0.05, 0.1) is 19.3 Å². The van der Waals surface area contributed by atoms with E-state index in [1.807, 2.05) is 0 Å². The fourth-order valence-corrected chi connectivity index (χ4v) is 1.19. The van der Waals surface area contributed by atoms with E-state index in [-0.39, 0.29) is 11.9 Å². The molecule has 0 spiro atoms. The highest BCUT2D eigenvalue weighted by atomic mass is 35.5. The van der Waals surface area contributed by atoms with Crippen molar-refractivity contribution in [3.63, 3.8) is 0 Å². The second-order valence-corrected chi connectivity index (χ2v) is 3.33. The van der Waals surface area contributed by atoms with E-state index in [4.69, 9.17) is 16.3 Å². The lowest BCUT2D eigenvalue weighted by molar-refractivity contribution is -0.125. The SMILES string of the molecule is O=C(CCCCCl)NC1COC1. The highest BCUT2D eigenvalue weighted by Crippen LogP contribution is 2.02. The second-order valence-electron chi connectivity index (χ2n) is 2.95. The summed E-state index contributed by atoms with van der Waals surface area (Å²) in [6.45, 7) is 1.34. The number of hydrogen-bond acceptors (Lipinski definition) is 2. The monoisotopic (exact) mass is 191 g/mol. The van der Waals surface area contributed by atoms with Crippen molar-refractivity contribution in [1.29, 1.82) is 0 Å². The summed E-state index contributed by atoms with van der Waals surface area (Å²) in [6.07, 6.45) is 2.38. The van der Waals surface area contributed by atoms with Gasteiger partial charge in [0.15, 0.2) is 0 Å².